The zero-order valence-electron chi connectivity index (χ0n) is 11.6. The fraction of sp³-hybridized carbons (Fsp3) is 0.143. The van der Waals surface area contributed by atoms with E-state index in [9.17, 15) is 8.42 Å². The van der Waals surface area contributed by atoms with Crippen molar-refractivity contribution in [1.82, 2.24) is 4.72 Å². The standard InChI is InChI=1S/C14H16BrN3O2S/c1-9-11(15)4-3-5-13(9)18-10-6-7-14(12(16)8-10)21(19,20)17-2/h3-8,17-18H,16H2,1-2H3. The average Bonchev–Trinajstić information content (AvgIpc) is 2.44. The molecule has 2 aromatic rings. The number of benzene rings is 2. The van der Waals surface area contributed by atoms with Gasteiger partial charge < -0.3 is 11.1 Å². The van der Waals surface area contributed by atoms with Crippen LogP contribution in [0.4, 0.5) is 17.1 Å². The lowest BCUT2D eigenvalue weighted by molar-refractivity contribution is 0.588. The molecule has 0 bridgehead atoms. The highest BCUT2D eigenvalue weighted by molar-refractivity contribution is 9.10. The predicted octanol–water partition coefficient (Wildman–Crippen LogP) is 2.99. The van der Waals surface area contributed by atoms with E-state index in [1.165, 1.54) is 13.1 Å². The average molecular weight is 370 g/mol. The molecule has 0 aliphatic carbocycles. The second-order valence-electron chi connectivity index (χ2n) is 4.50. The van der Waals surface area contributed by atoms with Gasteiger partial charge in [0, 0.05) is 15.8 Å². The number of nitrogens with two attached hydrogens (primary N) is 1. The molecule has 0 amide bonds. The molecule has 0 saturated carbocycles. The van der Waals surface area contributed by atoms with Crippen molar-refractivity contribution < 1.29 is 8.42 Å². The molecule has 0 radical (unpaired) electrons. The Hall–Kier alpha value is -1.57. The maximum atomic E-state index is 11.8. The molecule has 2 rings (SSSR count). The zero-order chi connectivity index (χ0) is 15.6. The van der Waals surface area contributed by atoms with Gasteiger partial charge in [-0.2, -0.15) is 0 Å². The van der Waals surface area contributed by atoms with Crippen molar-refractivity contribution >= 4 is 43.0 Å². The molecule has 0 aliphatic heterocycles. The summed E-state index contributed by atoms with van der Waals surface area (Å²) in [6, 6.07) is 10.6. The monoisotopic (exact) mass is 369 g/mol. The Morgan fingerprint density at radius 1 is 1.19 bits per heavy atom. The minimum absolute atomic E-state index is 0.0708. The number of sulfonamides is 1. The van der Waals surface area contributed by atoms with Gasteiger partial charge in [0.1, 0.15) is 4.90 Å². The summed E-state index contributed by atoms with van der Waals surface area (Å²) in [4.78, 5) is 0.0708. The number of nitrogen functional groups attached to an aromatic ring is 1. The van der Waals surface area contributed by atoms with Gasteiger partial charge in [0.15, 0.2) is 0 Å². The van der Waals surface area contributed by atoms with E-state index in [0.29, 0.717) is 0 Å². The van der Waals surface area contributed by atoms with Crippen LogP contribution >= 0.6 is 15.9 Å². The molecule has 2 aromatic carbocycles. The second-order valence-corrected chi connectivity index (χ2v) is 7.21. The molecule has 0 spiro atoms. The minimum Gasteiger partial charge on any atom is -0.398 e. The maximum absolute atomic E-state index is 11.8. The van der Waals surface area contributed by atoms with Gasteiger partial charge in [-0.1, -0.05) is 22.0 Å². The molecular weight excluding hydrogens is 354 g/mol. The first-order chi connectivity index (χ1) is 9.85. The lowest BCUT2D eigenvalue weighted by Crippen LogP contribution is -2.19. The molecule has 4 N–H and O–H groups in total. The van der Waals surface area contributed by atoms with Gasteiger partial charge in [0.25, 0.3) is 0 Å². The third-order valence-corrected chi connectivity index (χ3v) is 5.46. The van der Waals surface area contributed by atoms with Gasteiger partial charge in [0.2, 0.25) is 10.0 Å². The predicted molar refractivity (Wildman–Crippen MR) is 89.3 cm³/mol. The second kappa shape index (κ2) is 6.05. The van der Waals surface area contributed by atoms with Gasteiger partial charge >= 0.3 is 0 Å². The molecule has 21 heavy (non-hydrogen) atoms. The van der Waals surface area contributed by atoms with Gasteiger partial charge in [-0.3, -0.25) is 0 Å². The van der Waals surface area contributed by atoms with Crippen LogP contribution in [-0.4, -0.2) is 15.5 Å². The Morgan fingerprint density at radius 2 is 1.90 bits per heavy atom. The van der Waals surface area contributed by atoms with Crippen molar-refractivity contribution in [2.24, 2.45) is 0 Å². The summed E-state index contributed by atoms with van der Waals surface area (Å²) in [5.74, 6) is 0. The van der Waals surface area contributed by atoms with Crippen molar-refractivity contribution in [2.75, 3.05) is 18.1 Å². The van der Waals surface area contributed by atoms with Crippen LogP contribution in [0, 0.1) is 6.92 Å². The minimum atomic E-state index is -3.54. The maximum Gasteiger partial charge on any atom is 0.242 e. The van der Waals surface area contributed by atoms with Crippen LogP contribution in [-0.2, 0) is 10.0 Å². The summed E-state index contributed by atoms with van der Waals surface area (Å²) < 4.78 is 26.8. The number of nitrogens with one attached hydrogen (secondary N) is 2. The van der Waals surface area contributed by atoms with Crippen LogP contribution < -0.4 is 15.8 Å². The van der Waals surface area contributed by atoms with E-state index in [0.717, 1.165) is 21.4 Å². The van der Waals surface area contributed by atoms with Crippen LogP contribution in [0.15, 0.2) is 45.8 Å². The van der Waals surface area contributed by atoms with E-state index in [4.69, 9.17) is 5.73 Å². The molecule has 0 aliphatic rings. The molecule has 0 heterocycles. The fourth-order valence-electron chi connectivity index (χ4n) is 1.88. The van der Waals surface area contributed by atoms with E-state index in [2.05, 4.69) is 26.0 Å². The van der Waals surface area contributed by atoms with E-state index in [-0.39, 0.29) is 10.6 Å². The van der Waals surface area contributed by atoms with Crippen LogP contribution in [0.5, 0.6) is 0 Å². The van der Waals surface area contributed by atoms with Crippen LogP contribution in [0.1, 0.15) is 5.56 Å². The molecule has 0 aromatic heterocycles. The van der Waals surface area contributed by atoms with Gasteiger partial charge in [0.05, 0.1) is 5.69 Å². The van der Waals surface area contributed by atoms with Crippen molar-refractivity contribution in [3.8, 4) is 0 Å². The summed E-state index contributed by atoms with van der Waals surface area (Å²) in [7, 11) is -2.19. The van der Waals surface area contributed by atoms with E-state index >= 15 is 0 Å². The first-order valence-electron chi connectivity index (χ1n) is 6.20. The highest BCUT2D eigenvalue weighted by atomic mass is 79.9. The third kappa shape index (κ3) is 3.37. The Bertz CT molecular complexity index is 776. The van der Waals surface area contributed by atoms with E-state index < -0.39 is 10.0 Å². The van der Waals surface area contributed by atoms with Crippen LogP contribution in [0.25, 0.3) is 0 Å². The Labute approximate surface area is 132 Å². The summed E-state index contributed by atoms with van der Waals surface area (Å²) >= 11 is 3.47. The van der Waals surface area contributed by atoms with Gasteiger partial charge in [-0.05, 0) is 49.9 Å². The van der Waals surface area contributed by atoms with Gasteiger partial charge in [-0.25, -0.2) is 13.1 Å². The highest BCUT2D eigenvalue weighted by Gasteiger charge is 2.15. The highest BCUT2D eigenvalue weighted by Crippen LogP contribution is 2.29. The SMILES string of the molecule is CNS(=O)(=O)c1ccc(Nc2cccc(Br)c2C)cc1N. The van der Waals surface area contributed by atoms with Crippen molar-refractivity contribution in [3.63, 3.8) is 0 Å². The number of hydrogen-bond acceptors (Lipinski definition) is 4. The summed E-state index contributed by atoms with van der Waals surface area (Å²) in [5.41, 5.74) is 8.74. The zero-order valence-corrected chi connectivity index (χ0v) is 14.0. The largest absolute Gasteiger partial charge is 0.398 e. The molecular formula is C14H16BrN3O2S. The van der Waals surface area contributed by atoms with Gasteiger partial charge in [-0.15, -0.1) is 0 Å². The number of halogens is 1. The van der Waals surface area contributed by atoms with Crippen LogP contribution in [0.2, 0.25) is 0 Å². The summed E-state index contributed by atoms with van der Waals surface area (Å²) in [5, 5.41) is 3.23. The normalized spacial score (nSPS) is 11.4. The molecule has 0 fully saturated rings. The lowest BCUT2D eigenvalue weighted by Gasteiger charge is -2.13. The number of hydrogen-bond donors (Lipinski definition) is 3. The Morgan fingerprint density at radius 3 is 2.52 bits per heavy atom. The number of rotatable bonds is 4. The van der Waals surface area contributed by atoms with Crippen LogP contribution in [0.3, 0.4) is 0 Å². The molecule has 0 saturated heterocycles. The Balaban J connectivity index is 2.36. The molecule has 0 atom stereocenters. The number of anilines is 3. The van der Waals surface area contributed by atoms with E-state index in [1.807, 2.05) is 25.1 Å². The molecule has 7 heteroatoms. The quantitative estimate of drug-likeness (QED) is 0.723. The van der Waals surface area contributed by atoms with Crippen molar-refractivity contribution in [3.05, 3.63) is 46.4 Å². The van der Waals surface area contributed by atoms with Crippen molar-refractivity contribution in [2.45, 2.75) is 11.8 Å². The first kappa shape index (κ1) is 15.8. The summed E-state index contributed by atoms with van der Waals surface area (Å²) in [6.07, 6.45) is 0. The Kier molecular flexibility index (Phi) is 4.55. The lowest BCUT2D eigenvalue weighted by atomic mass is 10.2. The smallest absolute Gasteiger partial charge is 0.242 e. The van der Waals surface area contributed by atoms with Crippen molar-refractivity contribution in [1.29, 1.82) is 0 Å². The summed E-state index contributed by atoms with van der Waals surface area (Å²) in [6.45, 7) is 1.98. The molecule has 112 valence electrons. The first-order valence-corrected chi connectivity index (χ1v) is 8.48. The molecule has 0 unspecified atom stereocenters. The topological polar surface area (TPSA) is 84.2 Å². The third-order valence-electron chi connectivity index (χ3n) is 3.11. The molecule has 5 nitrogen and oxygen atoms in total. The van der Waals surface area contributed by atoms with E-state index in [1.54, 1.807) is 12.1 Å². The fourth-order valence-corrected chi connectivity index (χ4v) is 3.08.